The number of nitrogens with two attached hydrogens (primary N) is 1. The van der Waals surface area contributed by atoms with Crippen molar-refractivity contribution in [1.82, 2.24) is 4.31 Å². The lowest BCUT2D eigenvalue weighted by atomic mass is 9.99. The fourth-order valence-electron chi connectivity index (χ4n) is 4.06. The Hall–Kier alpha value is -1.98. The number of amides is 2. The number of carbonyl (C=O) groups excluding carboxylic acids is 2. The van der Waals surface area contributed by atoms with Crippen LogP contribution in [0.2, 0.25) is 5.02 Å². The molecule has 1 aliphatic carbocycles. The molecule has 1 fully saturated rings. The first-order valence-electron chi connectivity index (χ1n) is 10.0. The van der Waals surface area contributed by atoms with Gasteiger partial charge < -0.3 is 10.6 Å². The smallest absolute Gasteiger partial charge is 0.276 e. The van der Waals surface area contributed by atoms with Gasteiger partial charge >= 0.3 is 0 Å². The van der Waals surface area contributed by atoms with Crippen LogP contribution in [-0.2, 0) is 27.8 Å². The maximum Gasteiger partial charge on any atom is 0.276 e. The molecule has 1 unspecified atom stereocenters. The van der Waals surface area contributed by atoms with Crippen LogP contribution in [0, 0.1) is 5.92 Å². The Morgan fingerprint density at radius 2 is 1.87 bits per heavy atom. The van der Waals surface area contributed by atoms with Gasteiger partial charge in [0.25, 0.3) is 16.1 Å². The molecule has 4 N–H and O–H groups in total. The molecule has 2 amide bonds. The molecule has 1 atom stereocenters. The number of nitrogens with zero attached hydrogens (tertiary/aromatic N) is 1. The number of hydrogen-bond donors (Lipinski definition) is 3. The first kappa shape index (κ1) is 22.2. The minimum Gasteiger partial charge on any atom is -0.322 e. The minimum absolute atomic E-state index is 0.0437. The number of thiophene rings is 1. The lowest BCUT2D eigenvalue weighted by Crippen LogP contribution is -2.46. The summed E-state index contributed by atoms with van der Waals surface area (Å²) in [6.07, 6.45) is 3.75. The molecule has 2 aromatic rings. The highest BCUT2D eigenvalue weighted by Gasteiger charge is 2.33. The van der Waals surface area contributed by atoms with E-state index in [0.29, 0.717) is 40.7 Å². The molecule has 1 saturated heterocycles. The summed E-state index contributed by atoms with van der Waals surface area (Å²) in [6, 6.07) is 6.82. The van der Waals surface area contributed by atoms with Gasteiger partial charge in [-0.1, -0.05) is 11.6 Å². The molecule has 2 aliphatic rings. The number of benzene rings is 1. The molecule has 1 aromatic heterocycles. The standard InChI is InChI=1S/C20H23ClN4O4S2/c21-13-6-8-14(9-7-13)23-19(27)17-15-4-1-5-16(15)30-20(17)24-18(26)12-3-2-10-25(11-12)31(22,28)29/h6-9,12H,1-5,10-11H2,(H,23,27)(H,24,26)(H2,22,28,29). The molecule has 11 heteroatoms. The quantitative estimate of drug-likeness (QED) is 0.606. The van der Waals surface area contributed by atoms with Crippen LogP contribution in [-0.4, -0.2) is 37.6 Å². The molecule has 4 rings (SSSR count). The Morgan fingerprint density at radius 3 is 2.58 bits per heavy atom. The zero-order valence-electron chi connectivity index (χ0n) is 16.7. The lowest BCUT2D eigenvalue weighted by Gasteiger charge is -2.29. The Bertz CT molecular complexity index is 1110. The van der Waals surface area contributed by atoms with E-state index in [9.17, 15) is 18.0 Å². The second-order valence-electron chi connectivity index (χ2n) is 7.75. The van der Waals surface area contributed by atoms with E-state index in [2.05, 4.69) is 10.6 Å². The normalized spacial score (nSPS) is 19.1. The number of halogens is 1. The monoisotopic (exact) mass is 482 g/mol. The first-order valence-corrected chi connectivity index (χ1v) is 12.7. The van der Waals surface area contributed by atoms with Gasteiger partial charge in [-0.05, 0) is 61.9 Å². The highest BCUT2D eigenvalue weighted by Crippen LogP contribution is 2.40. The lowest BCUT2D eigenvalue weighted by molar-refractivity contribution is -0.120. The molecule has 0 bridgehead atoms. The first-order chi connectivity index (χ1) is 14.7. The average Bonchev–Trinajstić information content (AvgIpc) is 3.30. The molecule has 1 aliphatic heterocycles. The van der Waals surface area contributed by atoms with Crippen molar-refractivity contribution >= 4 is 55.6 Å². The van der Waals surface area contributed by atoms with Gasteiger partial charge in [-0.3, -0.25) is 9.59 Å². The second kappa shape index (κ2) is 8.87. The highest BCUT2D eigenvalue weighted by atomic mass is 35.5. The van der Waals surface area contributed by atoms with Gasteiger partial charge in [0.2, 0.25) is 5.91 Å². The summed E-state index contributed by atoms with van der Waals surface area (Å²) < 4.78 is 24.4. The predicted octanol–water partition coefficient (Wildman–Crippen LogP) is 3.00. The van der Waals surface area contributed by atoms with E-state index in [1.54, 1.807) is 24.3 Å². The van der Waals surface area contributed by atoms with E-state index in [1.807, 2.05) is 0 Å². The molecule has 0 radical (unpaired) electrons. The third-order valence-corrected chi connectivity index (χ3v) is 8.11. The van der Waals surface area contributed by atoms with E-state index in [-0.39, 0.29) is 18.4 Å². The molecular weight excluding hydrogens is 460 g/mol. The van der Waals surface area contributed by atoms with Gasteiger partial charge in [-0.2, -0.15) is 12.7 Å². The van der Waals surface area contributed by atoms with Gasteiger partial charge in [-0.15, -0.1) is 11.3 Å². The summed E-state index contributed by atoms with van der Waals surface area (Å²) >= 11 is 7.33. The van der Waals surface area contributed by atoms with E-state index < -0.39 is 16.1 Å². The van der Waals surface area contributed by atoms with Gasteiger partial charge in [0, 0.05) is 28.7 Å². The Balaban J connectivity index is 1.54. The van der Waals surface area contributed by atoms with Gasteiger partial charge in [0.05, 0.1) is 11.5 Å². The summed E-state index contributed by atoms with van der Waals surface area (Å²) in [4.78, 5) is 27.1. The van der Waals surface area contributed by atoms with Gasteiger partial charge in [0.15, 0.2) is 0 Å². The van der Waals surface area contributed by atoms with Crippen molar-refractivity contribution in [2.24, 2.45) is 11.1 Å². The van der Waals surface area contributed by atoms with Crippen molar-refractivity contribution in [1.29, 1.82) is 0 Å². The molecule has 31 heavy (non-hydrogen) atoms. The molecule has 2 heterocycles. The number of nitrogens with one attached hydrogen (secondary N) is 2. The van der Waals surface area contributed by atoms with Crippen LogP contribution in [0.4, 0.5) is 10.7 Å². The third-order valence-electron chi connectivity index (χ3n) is 5.60. The molecule has 0 spiro atoms. The van der Waals surface area contributed by atoms with Crippen molar-refractivity contribution in [3.63, 3.8) is 0 Å². The van der Waals surface area contributed by atoms with Crippen LogP contribution in [0.25, 0.3) is 0 Å². The summed E-state index contributed by atoms with van der Waals surface area (Å²) in [5.74, 6) is -1.10. The van der Waals surface area contributed by atoms with Crippen molar-refractivity contribution < 1.29 is 18.0 Å². The van der Waals surface area contributed by atoms with Gasteiger partial charge in [0.1, 0.15) is 5.00 Å². The molecule has 166 valence electrons. The zero-order valence-corrected chi connectivity index (χ0v) is 19.1. The predicted molar refractivity (Wildman–Crippen MR) is 122 cm³/mol. The Morgan fingerprint density at radius 1 is 1.13 bits per heavy atom. The summed E-state index contributed by atoms with van der Waals surface area (Å²) in [5, 5.41) is 12.1. The maximum atomic E-state index is 13.1. The van der Waals surface area contributed by atoms with Crippen LogP contribution < -0.4 is 15.8 Å². The SMILES string of the molecule is NS(=O)(=O)N1CCCC(C(=O)Nc2sc3c(c2C(=O)Nc2ccc(Cl)cc2)CCC3)C1. The molecule has 0 saturated carbocycles. The largest absolute Gasteiger partial charge is 0.322 e. The number of piperidine rings is 1. The van der Waals surface area contributed by atoms with Crippen LogP contribution in [0.3, 0.4) is 0 Å². The van der Waals surface area contributed by atoms with E-state index in [1.165, 1.54) is 11.3 Å². The Kier molecular flexibility index (Phi) is 6.36. The number of aryl methyl sites for hydroxylation is 1. The summed E-state index contributed by atoms with van der Waals surface area (Å²) in [6.45, 7) is 0.354. The number of hydrogen-bond acceptors (Lipinski definition) is 5. The minimum atomic E-state index is -3.84. The fourth-order valence-corrected chi connectivity index (χ4v) is 6.25. The molecule has 8 nitrogen and oxygen atoms in total. The zero-order chi connectivity index (χ0) is 22.2. The summed E-state index contributed by atoms with van der Waals surface area (Å²) in [5.41, 5.74) is 2.07. The maximum absolute atomic E-state index is 13.1. The van der Waals surface area contributed by atoms with E-state index in [0.717, 1.165) is 34.0 Å². The second-order valence-corrected chi connectivity index (χ2v) is 10.8. The Labute approximate surface area is 189 Å². The van der Waals surface area contributed by atoms with Crippen molar-refractivity contribution in [3.8, 4) is 0 Å². The van der Waals surface area contributed by atoms with Crippen molar-refractivity contribution in [2.75, 3.05) is 23.7 Å². The van der Waals surface area contributed by atoms with Crippen LogP contribution in [0.15, 0.2) is 24.3 Å². The van der Waals surface area contributed by atoms with E-state index >= 15 is 0 Å². The van der Waals surface area contributed by atoms with E-state index in [4.69, 9.17) is 16.7 Å². The van der Waals surface area contributed by atoms with Crippen LogP contribution in [0.5, 0.6) is 0 Å². The average molecular weight is 483 g/mol. The summed E-state index contributed by atoms with van der Waals surface area (Å²) in [7, 11) is -3.84. The number of carbonyl (C=O) groups is 2. The highest BCUT2D eigenvalue weighted by molar-refractivity contribution is 7.86. The topological polar surface area (TPSA) is 122 Å². The molecule has 1 aromatic carbocycles. The molecular formula is C20H23ClN4O4S2. The van der Waals surface area contributed by atoms with Crippen molar-refractivity contribution in [2.45, 2.75) is 32.1 Å². The van der Waals surface area contributed by atoms with Crippen LogP contribution in [0.1, 0.15) is 40.1 Å². The van der Waals surface area contributed by atoms with Crippen LogP contribution >= 0.6 is 22.9 Å². The van der Waals surface area contributed by atoms with Gasteiger partial charge in [-0.25, -0.2) is 5.14 Å². The number of rotatable bonds is 5. The fraction of sp³-hybridized carbons (Fsp3) is 0.400. The number of fused-ring (bicyclic) bond motifs is 1. The number of anilines is 2. The third kappa shape index (κ3) is 4.93. The van der Waals surface area contributed by atoms with Crippen molar-refractivity contribution in [3.05, 3.63) is 45.3 Å².